The van der Waals surface area contributed by atoms with Crippen molar-refractivity contribution in [3.8, 4) is 5.88 Å². The molecule has 148 valence electrons. The largest absolute Gasteiger partial charge is 0.478 e. The Labute approximate surface area is 166 Å². The highest BCUT2D eigenvalue weighted by Gasteiger charge is 2.46. The van der Waals surface area contributed by atoms with Crippen molar-refractivity contribution < 1.29 is 9.53 Å². The van der Waals surface area contributed by atoms with Crippen molar-refractivity contribution in [3.05, 3.63) is 47.8 Å². The van der Waals surface area contributed by atoms with E-state index in [0.29, 0.717) is 29.4 Å². The minimum atomic E-state index is 0.184. The van der Waals surface area contributed by atoms with Crippen LogP contribution in [0.15, 0.2) is 36.5 Å². The van der Waals surface area contributed by atoms with Gasteiger partial charge in [0.15, 0.2) is 5.82 Å². The number of piperidine rings is 1. The van der Waals surface area contributed by atoms with Crippen LogP contribution in [-0.4, -0.2) is 47.5 Å². The monoisotopic (exact) mass is 380 g/mol. The van der Waals surface area contributed by atoms with Crippen LogP contribution in [0.4, 0.5) is 5.82 Å². The lowest BCUT2D eigenvalue weighted by molar-refractivity contribution is -0.134. The number of likely N-dealkylation sites (tertiary alicyclic amines) is 1. The molecule has 28 heavy (non-hydrogen) atoms. The van der Waals surface area contributed by atoms with Gasteiger partial charge in [-0.05, 0) is 43.6 Å². The van der Waals surface area contributed by atoms with Crippen LogP contribution in [0, 0.1) is 18.8 Å². The van der Waals surface area contributed by atoms with Gasteiger partial charge < -0.3 is 15.0 Å². The topological polar surface area (TPSA) is 67.4 Å². The van der Waals surface area contributed by atoms with Gasteiger partial charge in [0.25, 0.3) is 5.88 Å². The van der Waals surface area contributed by atoms with Gasteiger partial charge in [0.2, 0.25) is 5.91 Å². The van der Waals surface area contributed by atoms with Crippen molar-refractivity contribution in [2.24, 2.45) is 11.8 Å². The number of carbonyl (C=O) groups is 1. The molecule has 4 rings (SSSR count). The first-order valence-electron chi connectivity index (χ1n) is 10.1. The first-order chi connectivity index (χ1) is 13.7. The molecule has 2 aliphatic rings. The molecule has 1 N–H and O–H groups in total. The van der Waals surface area contributed by atoms with E-state index in [9.17, 15) is 4.79 Å². The zero-order valence-corrected chi connectivity index (χ0v) is 16.6. The normalized spacial score (nSPS) is 22.0. The Kier molecular flexibility index (Phi) is 5.46. The van der Waals surface area contributed by atoms with Crippen LogP contribution in [0.1, 0.15) is 36.4 Å². The van der Waals surface area contributed by atoms with Crippen LogP contribution in [0.2, 0.25) is 0 Å². The van der Waals surface area contributed by atoms with E-state index >= 15 is 0 Å². The SMILES string of the molecule is COc1nc(C)cnc1NCC1CCN(C(=O)[C@@H]2C[C@H]2c2ccccc2)CC1. The third-order valence-corrected chi connectivity index (χ3v) is 5.87. The number of benzene rings is 1. The third-order valence-electron chi connectivity index (χ3n) is 5.87. The number of nitrogens with one attached hydrogen (secondary N) is 1. The molecule has 1 aliphatic heterocycles. The van der Waals surface area contributed by atoms with Gasteiger partial charge in [-0.1, -0.05) is 30.3 Å². The summed E-state index contributed by atoms with van der Waals surface area (Å²) in [4.78, 5) is 23.6. The molecule has 2 fully saturated rings. The number of hydrogen-bond donors (Lipinski definition) is 1. The second-order valence-electron chi connectivity index (χ2n) is 7.88. The van der Waals surface area contributed by atoms with Crippen molar-refractivity contribution in [2.75, 3.05) is 32.1 Å². The van der Waals surface area contributed by atoms with E-state index in [1.54, 1.807) is 13.3 Å². The lowest BCUT2D eigenvalue weighted by atomic mass is 9.96. The van der Waals surface area contributed by atoms with Crippen molar-refractivity contribution in [3.63, 3.8) is 0 Å². The molecule has 2 heterocycles. The molecule has 0 unspecified atom stereocenters. The highest BCUT2D eigenvalue weighted by atomic mass is 16.5. The van der Waals surface area contributed by atoms with E-state index < -0.39 is 0 Å². The zero-order chi connectivity index (χ0) is 19.5. The number of hydrogen-bond acceptors (Lipinski definition) is 5. The number of aryl methyl sites for hydroxylation is 1. The Bertz CT molecular complexity index is 819. The highest BCUT2D eigenvalue weighted by molar-refractivity contribution is 5.83. The van der Waals surface area contributed by atoms with Crippen LogP contribution in [-0.2, 0) is 4.79 Å². The average molecular weight is 380 g/mol. The summed E-state index contributed by atoms with van der Waals surface area (Å²) in [5.74, 6) is 2.70. The summed E-state index contributed by atoms with van der Waals surface area (Å²) in [7, 11) is 1.61. The minimum absolute atomic E-state index is 0.184. The molecular formula is C22H28N4O2. The number of ether oxygens (including phenoxy) is 1. The Morgan fingerprint density at radius 3 is 2.71 bits per heavy atom. The molecule has 0 spiro atoms. The third kappa shape index (κ3) is 4.11. The van der Waals surface area contributed by atoms with Crippen LogP contribution in [0.25, 0.3) is 0 Å². The Morgan fingerprint density at radius 2 is 2.00 bits per heavy atom. The van der Waals surface area contributed by atoms with E-state index in [0.717, 1.165) is 44.6 Å². The lowest BCUT2D eigenvalue weighted by Crippen LogP contribution is -2.40. The Morgan fingerprint density at radius 1 is 1.25 bits per heavy atom. The first-order valence-corrected chi connectivity index (χ1v) is 10.1. The summed E-state index contributed by atoms with van der Waals surface area (Å²) < 4.78 is 5.31. The molecule has 2 atom stereocenters. The Balaban J connectivity index is 1.25. The number of carbonyl (C=O) groups excluding carboxylic acids is 1. The average Bonchev–Trinajstić information content (AvgIpc) is 3.54. The maximum Gasteiger partial charge on any atom is 0.257 e. The first kappa shape index (κ1) is 18.7. The molecular weight excluding hydrogens is 352 g/mol. The fraction of sp³-hybridized carbons (Fsp3) is 0.500. The van der Waals surface area contributed by atoms with E-state index in [2.05, 4.69) is 44.5 Å². The van der Waals surface area contributed by atoms with Gasteiger partial charge in [-0.2, -0.15) is 0 Å². The van der Waals surface area contributed by atoms with Crippen molar-refractivity contribution in [1.29, 1.82) is 0 Å². The predicted octanol–water partition coefficient (Wildman–Crippen LogP) is 3.25. The minimum Gasteiger partial charge on any atom is -0.478 e. The van der Waals surface area contributed by atoms with Crippen molar-refractivity contribution >= 4 is 11.7 Å². The smallest absolute Gasteiger partial charge is 0.257 e. The summed E-state index contributed by atoms with van der Waals surface area (Å²) in [5, 5.41) is 3.37. The van der Waals surface area contributed by atoms with Crippen molar-refractivity contribution in [2.45, 2.75) is 32.1 Å². The lowest BCUT2D eigenvalue weighted by Gasteiger charge is -2.32. The molecule has 6 nitrogen and oxygen atoms in total. The molecule has 1 saturated heterocycles. The molecule has 2 aromatic rings. The van der Waals surface area contributed by atoms with Crippen LogP contribution >= 0.6 is 0 Å². The summed E-state index contributed by atoms with van der Waals surface area (Å²) >= 11 is 0. The van der Waals surface area contributed by atoms with Gasteiger partial charge in [-0.25, -0.2) is 9.97 Å². The summed E-state index contributed by atoms with van der Waals surface area (Å²) in [6.07, 6.45) is 4.77. The number of aromatic nitrogens is 2. The van der Waals surface area contributed by atoms with Gasteiger partial charge in [0.05, 0.1) is 19.0 Å². The molecule has 1 saturated carbocycles. The second kappa shape index (κ2) is 8.17. The van der Waals surface area contributed by atoms with Crippen LogP contribution in [0.3, 0.4) is 0 Å². The van der Waals surface area contributed by atoms with Gasteiger partial charge in [0.1, 0.15) is 0 Å². The van der Waals surface area contributed by atoms with Gasteiger partial charge in [-0.15, -0.1) is 0 Å². The van der Waals surface area contributed by atoms with Crippen LogP contribution < -0.4 is 10.1 Å². The van der Waals surface area contributed by atoms with Crippen molar-refractivity contribution in [1.82, 2.24) is 14.9 Å². The van der Waals surface area contributed by atoms with E-state index in [4.69, 9.17) is 4.74 Å². The molecule has 1 aromatic carbocycles. The number of anilines is 1. The fourth-order valence-electron chi connectivity index (χ4n) is 4.09. The number of amides is 1. The highest BCUT2D eigenvalue weighted by Crippen LogP contribution is 2.48. The summed E-state index contributed by atoms with van der Waals surface area (Å²) in [5.41, 5.74) is 2.14. The predicted molar refractivity (Wildman–Crippen MR) is 108 cm³/mol. The quantitative estimate of drug-likeness (QED) is 0.833. The number of rotatable bonds is 6. The molecule has 0 radical (unpaired) electrons. The van der Waals surface area contributed by atoms with Gasteiger partial charge >= 0.3 is 0 Å². The van der Waals surface area contributed by atoms with Crippen LogP contribution in [0.5, 0.6) is 5.88 Å². The van der Waals surface area contributed by atoms with E-state index in [1.807, 2.05) is 13.0 Å². The molecule has 1 aromatic heterocycles. The van der Waals surface area contributed by atoms with E-state index in [1.165, 1.54) is 5.56 Å². The number of methoxy groups -OCH3 is 1. The molecule has 1 aliphatic carbocycles. The summed E-state index contributed by atoms with van der Waals surface area (Å²) in [6, 6.07) is 10.4. The molecule has 0 bridgehead atoms. The standard InChI is InChI=1S/C22H28N4O2/c1-15-13-23-20(21(25-15)28-2)24-14-16-8-10-26(11-9-16)22(27)19-12-18(19)17-6-4-3-5-7-17/h3-7,13,16,18-19H,8-12,14H2,1-2H3,(H,23,24)/t18-,19+/m0/s1. The van der Waals surface area contributed by atoms with Gasteiger partial charge in [-0.3, -0.25) is 4.79 Å². The second-order valence-corrected chi connectivity index (χ2v) is 7.88. The van der Waals surface area contributed by atoms with Gasteiger partial charge in [0, 0.05) is 25.6 Å². The molecule has 6 heteroatoms. The zero-order valence-electron chi connectivity index (χ0n) is 16.6. The number of nitrogens with zero attached hydrogens (tertiary/aromatic N) is 3. The fourth-order valence-corrected chi connectivity index (χ4v) is 4.09. The Hall–Kier alpha value is -2.63. The molecule has 1 amide bonds. The summed E-state index contributed by atoms with van der Waals surface area (Å²) in [6.45, 7) is 4.42. The van der Waals surface area contributed by atoms with E-state index in [-0.39, 0.29) is 5.92 Å². The maximum absolute atomic E-state index is 12.8. The maximum atomic E-state index is 12.8.